The maximum atomic E-state index is 11.6. The van der Waals surface area contributed by atoms with Crippen molar-refractivity contribution in [1.82, 2.24) is 5.32 Å². The summed E-state index contributed by atoms with van der Waals surface area (Å²) in [4.78, 5) is 11.6. The Morgan fingerprint density at radius 2 is 2.00 bits per heavy atom. The van der Waals surface area contributed by atoms with Crippen LogP contribution in [0.2, 0.25) is 0 Å². The minimum atomic E-state index is 0.129. The summed E-state index contributed by atoms with van der Waals surface area (Å²) < 4.78 is 5.47. The fourth-order valence-corrected chi connectivity index (χ4v) is 1.56. The first-order chi connectivity index (χ1) is 7.00. The topological polar surface area (TPSA) is 38.3 Å². The first-order valence-electron chi connectivity index (χ1n) is 5.88. The zero-order valence-corrected chi connectivity index (χ0v) is 10.2. The van der Waals surface area contributed by atoms with Crippen molar-refractivity contribution in [3.05, 3.63) is 0 Å². The summed E-state index contributed by atoms with van der Waals surface area (Å²) in [6, 6.07) is 0.129. The highest BCUT2D eigenvalue weighted by molar-refractivity contribution is 5.81. The summed E-state index contributed by atoms with van der Waals surface area (Å²) in [5.74, 6) is 1.59. The van der Waals surface area contributed by atoms with Gasteiger partial charge in [-0.3, -0.25) is 4.79 Å². The third kappa shape index (κ3) is 4.65. The van der Waals surface area contributed by atoms with Crippen LogP contribution in [0.4, 0.5) is 0 Å². The Morgan fingerprint density at radius 3 is 2.47 bits per heavy atom. The van der Waals surface area contributed by atoms with Crippen LogP contribution >= 0.6 is 0 Å². The number of ether oxygens (including phenoxy) is 1. The van der Waals surface area contributed by atoms with Gasteiger partial charge in [0.05, 0.1) is 6.61 Å². The molecule has 0 aliphatic heterocycles. The molecule has 1 rings (SSSR count). The van der Waals surface area contributed by atoms with Crippen LogP contribution in [0.25, 0.3) is 0 Å². The highest BCUT2D eigenvalue weighted by Crippen LogP contribution is 2.37. The lowest BCUT2D eigenvalue weighted by atomic mass is 10.2. The van der Waals surface area contributed by atoms with Gasteiger partial charge in [-0.1, -0.05) is 20.8 Å². The third-order valence-corrected chi connectivity index (χ3v) is 2.65. The molecule has 0 heterocycles. The van der Waals surface area contributed by atoms with Crippen molar-refractivity contribution in [2.24, 2.45) is 17.8 Å². The summed E-state index contributed by atoms with van der Waals surface area (Å²) >= 11 is 0. The van der Waals surface area contributed by atoms with E-state index in [4.69, 9.17) is 4.74 Å². The molecule has 1 amide bonds. The van der Waals surface area contributed by atoms with Crippen LogP contribution in [-0.2, 0) is 9.53 Å². The zero-order valence-electron chi connectivity index (χ0n) is 10.2. The van der Waals surface area contributed by atoms with Crippen LogP contribution in [-0.4, -0.2) is 25.2 Å². The molecule has 3 atom stereocenters. The fraction of sp³-hybridized carbons (Fsp3) is 0.917. The van der Waals surface area contributed by atoms with Gasteiger partial charge in [-0.25, -0.2) is 0 Å². The van der Waals surface area contributed by atoms with E-state index < -0.39 is 0 Å². The molecule has 0 unspecified atom stereocenters. The normalized spacial score (nSPS) is 26.5. The molecule has 0 bridgehead atoms. The van der Waals surface area contributed by atoms with Gasteiger partial charge >= 0.3 is 0 Å². The van der Waals surface area contributed by atoms with E-state index in [-0.39, 0.29) is 17.9 Å². The highest BCUT2D eigenvalue weighted by atomic mass is 16.5. The van der Waals surface area contributed by atoms with Crippen molar-refractivity contribution >= 4 is 5.91 Å². The first kappa shape index (κ1) is 12.5. The van der Waals surface area contributed by atoms with E-state index in [1.165, 1.54) is 0 Å². The molecule has 1 N–H and O–H groups in total. The van der Waals surface area contributed by atoms with Gasteiger partial charge in [0, 0.05) is 18.6 Å². The van der Waals surface area contributed by atoms with Crippen LogP contribution < -0.4 is 5.32 Å². The molecule has 0 spiro atoms. The van der Waals surface area contributed by atoms with E-state index in [1.54, 1.807) is 0 Å². The van der Waals surface area contributed by atoms with E-state index in [0.717, 1.165) is 13.0 Å². The van der Waals surface area contributed by atoms with Crippen molar-refractivity contribution in [2.75, 3.05) is 13.2 Å². The predicted molar refractivity (Wildman–Crippen MR) is 60.5 cm³/mol. The fourth-order valence-electron chi connectivity index (χ4n) is 1.56. The lowest BCUT2D eigenvalue weighted by Gasteiger charge is -2.15. The molecule has 0 saturated heterocycles. The number of carbonyl (C=O) groups excluding carboxylic acids is 1. The largest absolute Gasteiger partial charge is 0.379 e. The molecule has 15 heavy (non-hydrogen) atoms. The van der Waals surface area contributed by atoms with Crippen LogP contribution in [0.15, 0.2) is 0 Å². The average Bonchev–Trinajstić information content (AvgIpc) is 2.81. The van der Waals surface area contributed by atoms with Crippen molar-refractivity contribution in [3.8, 4) is 0 Å². The second-order valence-electron chi connectivity index (χ2n) is 5.16. The Labute approximate surface area is 92.6 Å². The molecule has 1 fully saturated rings. The second kappa shape index (κ2) is 5.50. The summed E-state index contributed by atoms with van der Waals surface area (Å²) in [7, 11) is 0. The van der Waals surface area contributed by atoms with Crippen molar-refractivity contribution in [2.45, 2.75) is 40.2 Å². The number of hydrogen-bond acceptors (Lipinski definition) is 2. The van der Waals surface area contributed by atoms with Crippen LogP contribution in [0.5, 0.6) is 0 Å². The van der Waals surface area contributed by atoms with E-state index in [2.05, 4.69) is 26.1 Å². The second-order valence-corrected chi connectivity index (χ2v) is 5.16. The summed E-state index contributed by atoms with van der Waals surface area (Å²) in [5.41, 5.74) is 0. The SMILES string of the molecule is CC(C)COC[C@H](C)NC(=O)[C@@H]1C[C@@H]1C. The molecule has 3 nitrogen and oxygen atoms in total. The number of amides is 1. The molecule has 88 valence electrons. The van der Waals surface area contributed by atoms with E-state index in [0.29, 0.717) is 18.4 Å². The maximum Gasteiger partial charge on any atom is 0.223 e. The van der Waals surface area contributed by atoms with Gasteiger partial charge in [-0.2, -0.15) is 0 Å². The van der Waals surface area contributed by atoms with Crippen LogP contribution in [0, 0.1) is 17.8 Å². The smallest absolute Gasteiger partial charge is 0.223 e. The van der Waals surface area contributed by atoms with Gasteiger partial charge in [0.25, 0.3) is 0 Å². The predicted octanol–water partition coefficient (Wildman–Crippen LogP) is 1.82. The molecule has 0 aromatic heterocycles. The highest BCUT2D eigenvalue weighted by Gasteiger charge is 2.39. The Kier molecular flexibility index (Phi) is 4.58. The van der Waals surface area contributed by atoms with Gasteiger partial charge in [-0.05, 0) is 25.2 Å². The van der Waals surface area contributed by atoms with E-state index in [9.17, 15) is 4.79 Å². The maximum absolute atomic E-state index is 11.6. The summed E-state index contributed by atoms with van der Waals surface area (Å²) in [6.07, 6.45) is 1.05. The molecule has 1 aliphatic carbocycles. The summed E-state index contributed by atoms with van der Waals surface area (Å²) in [5, 5.41) is 2.98. The molecule has 0 radical (unpaired) electrons. The van der Waals surface area contributed by atoms with E-state index >= 15 is 0 Å². The number of nitrogens with one attached hydrogen (secondary N) is 1. The van der Waals surface area contributed by atoms with Gasteiger partial charge < -0.3 is 10.1 Å². The van der Waals surface area contributed by atoms with Crippen LogP contribution in [0.3, 0.4) is 0 Å². The average molecular weight is 213 g/mol. The zero-order chi connectivity index (χ0) is 11.4. The van der Waals surface area contributed by atoms with E-state index in [1.807, 2.05) is 6.92 Å². The number of carbonyl (C=O) groups is 1. The summed E-state index contributed by atoms with van der Waals surface area (Å²) in [6.45, 7) is 9.73. The quantitative estimate of drug-likeness (QED) is 0.731. The van der Waals surface area contributed by atoms with Gasteiger partial charge in [-0.15, -0.1) is 0 Å². The Morgan fingerprint density at radius 1 is 1.40 bits per heavy atom. The Hall–Kier alpha value is -0.570. The molecule has 0 aromatic carbocycles. The molecular weight excluding hydrogens is 190 g/mol. The standard InChI is InChI=1S/C12H23NO2/c1-8(2)6-15-7-10(4)13-12(14)11-5-9(11)3/h8-11H,5-7H2,1-4H3,(H,13,14)/t9-,10-,11+/m0/s1. The van der Waals surface area contributed by atoms with Gasteiger partial charge in [0.2, 0.25) is 5.91 Å². The van der Waals surface area contributed by atoms with Gasteiger partial charge in [0.15, 0.2) is 0 Å². The minimum Gasteiger partial charge on any atom is -0.379 e. The van der Waals surface area contributed by atoms with Crippen molar-refractivity contribution in [3.63, 3.8) is 0 Å². The van der Waals surface area contributed by atoms with Crippen molar-refractivity contribution in [1.29, 1.82) is 0 Å². The number of rotatable bonds is 6. The third-order valence-electron chi connectivity index (χ3n) is 2.65. The molecule has 0 aromatic rings. The lowest BCUT2D eigenvalue weighted by Crippen LogP contribution is -2.37. The van der Waals surface area contributed by atoms with Gasteiger partial charge in [0.1, 0.15) is 0 Å². The molecule has 1 aliphatic rings. The Balaban J connectivity index is 2.07. The minimum absolute atomic E-state index is 0.129. The number of hydrogen-bond donors (Lipinski definition) is 1. The van der Waals surface area contributed by atoms with Crippen LogP contribution in [0.1, 0.15) is 34.1 Å². The van der Waals surface area contributed by atoms with Crippen molar-refractivity contribution < 1.29 is 9.53 Å². The Bertz CT molecular complexity index is 216. The first-order valence-corrected chi connectivity index (χ1v) is 5.88. The molecule has 3 heteroatoms. The molecule has 1 saturated carbocycles. The lowest BCUT2D eigenvalue weighted by molar-refractivity contribution is -0.123. The monoisotopic (exact) mass is 213 g/mol. The molecular formula is C12H23NO2.